The van der Waals surface area contributed by atoms with Gasteiger partial charge in [0.1, 0.15) is 0 Å². The van der Waals surface area contributed by atoms with Crippen LogP contribution in [-0.4, -0.2) is 29.7 Å². The van der Waals surface area contributed by atoms with E-state index < -0.39 is 14.8 Å². The minimum atomic E-state index is -3.24. The van der Waals surface area contributed by atoms with Crippen molar-refractivity contribution < 1.29 is 8.42 Å². The Morgan fingerprint density at radius 1 is 1.47 bits per heavy atom. The van der Waals surface area contributed by atoms with E-state index in [0.717, 1.165) is 5.69 Å². The summed E-state index contributed by atoms with van der Waals surface area (Å²) in [5.41, 5.74) is 0.923. The lowest BCUT2D eigenvalue weighted by Gasteiger charge is -2.19. The Labute approximate surface area is 90.4 Å². The van der Waals surface area contributed by atoms with Gasteiger partial charge in [-0.1, -0.05) is 0 Å². The summed E-state index contributed by atoms with van der Waals surface area (Å²) in [4.78, 5) is 6.77. The van der Waals surface area contributed by atoms with Crippen LogP contribution in [0.4, 0.5) is 0 Å². The van der Waals surface area contributed by atoms with Gasteiger partial charge in [-0.3, -0.25) is 0 Å². The lowest BCUT2D eigenvalue weighted by atomic mass is 10.3. The first-order valence-electron chi connectivity index (χ1n) is 4.79. The molecule has 0 saturated carbocycles. The lowest BCUT2D eigenvalue weighted by molar-refractivity contribution is 0.545. The van der Waals surface area contributed by atoms with E-state index in [4.69, 9.17) is 0 Å². The number of nitrogens with zero attached hydrogens (tertiary/aromatic N) is 1. The summed E-state index contributed by atoms with van der Waals surface area (Å²) in [6, 6.07) is 0. The predicted octanol–water partition coefficient (Wildman–Crippen LogP) is 0.670. The smallest absolute Gasteiger partial charge is 0.216 e. The van der Waals surface area contributed by atoms with Crippen LogP contribution in [0.1, 0.15) is 26.5 Å². The minimum Gasteiger partial charge on any atom is -0.348 e. The van der Waals surface area contributed by atoms with Crippen LogP contribution in [0.3, 0.4) is 0 Å². The zero-order chi connectivity index (χ0) is 11.5. The first-order valence-corrected chi connectivity index (χ1v) is 6.28. The Bertz CT molecular complexity index is 389. The standard InChI is InChI=1S/C9H17N3O2S/c1-9(2,3)15(13,14)12-5-4-8-6-10-7-11-8/h6-7,12H,4-5H2,1-3H3,(H,10,11). The molecule has 0 bridgehead atoms. The summed E-state index contributed by atoms with van der Waals surface area (Å²) in [5, 5.41) is 0. The molecule has 86 valence electrons. The second-order valence-corrected chi connectivity index (χ2v) is 6.86. The molecule has 1 aromatic rings. The number of imidazole rings is 1. The molecule has 0 amide bonds. The summed E-state index contributed by atoms with van der Waals surface area (Å²) < 4.78 is 25.1. The van der Waals surface area contributed by atoms with Crippen LogP contribution in [0.5, 0.6) is 0 Å². The molecule has 1 heterocycles. The Kier molecular flexibility index (Phi) is 3.51. The van der Waals surface area contributed by atoms with Crippen molar-refractivity contribution in [3.63, 3.8) is 0 Å². The van der Waals surface area contributed by atoms with Crippen LogP contribution in [0.25, 0.3) is 0 Å². The van der Waals surface area contributed by atoms with E-state index in [2.05, 4.69) is 14.7 Å². The van der Waals surface area contributed by atoms with E-state index in [9.17, 15) is 8.42 Å². The molecule has 1 rings (SSSR count). The van der Waals surface area contributed by atoms with E-state index in [1.54, 1.807) is 33.3 Å². The van der Waals surface area contributed by atoms with Crippen molar-refractivity contribution in [3.05, 3.63) is 18.2 Å². The van der Waals surface area contributed by atoms with Gasteiger partial charge >= 0.3 is 0 Å². The molecule has 0 spiro atoms. The fourth-order valence-electron chi connectivity index (χ4n) is 0.958. The van der Waals surface area contributed by atoms with Crippen LogP contribution < -0.4 is 4.72 Å². The quantitative estimate of drug-likeness (QED) is 0.799. The molecular formula is C9H17N3O2S. The average molecular weight is 231 g/mol. The molecule has 0 saturated heterocycles. The fraction of sp³-hybridized carbons (Fsp3) is 0.667. The summed E-state index contributed by atoms with van der Waals surface area (Å²) in [6.07, 6.45) is 3.88. The maximum atomic E-state index is 11.6. The second-order valence-electron chi connectivity index (χ2n) is 4.34. The van der Waals surface area contributed by atoms with Gasteiger partial charge in [0.2, 0.25) is 10.0 Å². The molecule has 1 aromatic heterocycles. The van der Waals surface area contributed by atoms with Crippen LogP contribution in [0.2, 0.25) is 0 Å². The SMILES string of the molecule is CC(C)(C)S(=O)(=O)NCCc1cnc[nH]1. The number of aromatic amines is 1. The summed E-state index contributed by atoms with van der Waals surface area (Å²) in [5.74, 6) is 0. The highest BCUT2D eigenvalue weighted by molar-refractivity contribution is 7.90. The lowest BCUT2D eigenvalue weighted by Crippen LogP contribution is -2.40. The summed E-state index contributed by atoms with van der Waals surface area (Å²) >= 11 is 0. The number of nitrogens with one attached hydrogen (secondary N) is 2. The minimum absolute atomic E-state index is 0.391. The zero-order valence-corrected chi connectivity index (χ0v) is 10.1. The second kappa shape index (κ2) is 4.32. The van der Waals surface area contributed by atoms with Crippen molar-refractivity contribution in [2.75, 3.05) is 6.54 Å². The van der Waals surface area contributed by atoms with Crippen LogP contribution >= 0.6 is 0 Å². The number of hydrogen-bond acceptors (Lipinski definition) is 3. The number of sulfonamides is 1. The number of hydrogen-bond donors (Lipinski definition) is 2. The molecule has 2 N–H and O–H groups in total. The first kappa shape index (κ1) is 12.2. The van der Waals surface area contributed by atoms with Crippen LogP contribution in [0.15, 0.2) is 12.5 Å². The van der Waals surface area contributed by atoms with Crippen LogP contribution in [0, 0.1) is 0 Å². The van der Waals surface area contributed by atoms with Gasteiger partial charge in [0.25, 0.3) is 0 Å². The average Bonchev–Trinajstić information content (AvgIpc) is 2.54. The van der Waals surface area contributed by atoms with Gasteiger partial charge in [-0.05, 0) is 20.8 Å². The number of aromatic nitrogens is 2. The van der Waals surface area contributed by atoms with Crippen LogP contribution in [-0.2, 0) is 16.4 Å². The number of rotatable bonds is 4. The van der Waals surface area contributed by atoms with Crippen molar-refractivity contribution in [3.8, 4) is 0 Å². The van der Waals surface area contributed by atoms with Gasteiger partial charge in [0.05, 0.1) is 11.1 Å². The molecule has 0 atom stereocenters. The van der Waals surface area contributed by atoms with Gasteiger partial charge in [-0.15, -0.1) is 0 Å². The number of H-pyrrole nitrogens is 1. The zero-order valence-electron chi connectivity index (χ0n) is 9.24. The first-order chi connectivity index (χ1) is 6.83. The van der Waals surface area contributed by atoms with Gasteiger partial charge < -0.3 is 4.98 Å². The molecule has 15 heavy (non-hydrogen) atoms. The predicted molar refractivity (Wildman–Crippen MR) is 59.0 cm³/mol. The summed E-state index contributed by atoms with van der Waals surface area (Å²) in [6.45, 7) is 5.41. The van der Waals surface area contributed by atoms with Crippen molar-refractivity contribution in [1.29, 1.82) is 0 Å². The molecule has 0 aliphatic carbocycles. The summed E-state index contributed by atoms with van der Waals surface area (Å²) in [7, 11) is -3.24. The van der Waals surface area contributed by atoms with Crippen molar-refractivity contribution in [1.82, 2.24) is 14.7 Å². The van der Waals surface area contributed by atoms with Gasteiger partial charge in [0, 0.05) is 24.9 Å². The van der Waals surface area contributed by atoms with Gasteiger partial charge in [-0.2, -0.15) is 0 Å². The highest BCUT2D eigenvalue weighted by Crippen LogP contribution is 2.12. The molecule has 0 radical (unpaired) electrons. The third kappa shape index (κ3) is 3.32. The van der Waals surface area contributed by atoms with E-state index in [1.807, 2.05) is 0 Å². The Balaban J connectivity index is 2.45. The third-order valence-electron chi connectivity index (χ3n) is 2.05. The fourth-order valence-corrected chi connectivity index (χ4v) is 1.76. The van der Waals surface area contributed by atoms with Crippen molar-refractivity contribution >= 4 is 10.0 Å². The van der Waals surface area contributed by atoms with E-state index in [0.29, 0.717) is 13.0 Å². The largest absolute Gasteiger partial charge is 0.348 e. The molecule has 6 heteroatoms. The monoisotopic (exact) mass is 231 g/mol. The Morgan fingerprint density at radius 2 is 2.13 bits per heavy atom. The third-order valence-corrected chi connectivity index (χ3v) is 4.24. The molecule has 0 unspecified atom stereocenters. The Hall–Kier alpha value is -0.880. The Morgan fingerprint density at radius 3 is 2.60 bits per heavy atom. The highest BCUT2D eigenvalue weighted by Gasteiger charge is 2.27. The van der Waals surface area contributed by atoms with E-state index >= 15 is 0 Å². The molecule has 5 nitrogen and oxygen atoms in total. The molecule has 0 aliphatic rings. The normalized spacial score (nSPS) is 13.0. The maximum absolute atomic E-state index is 11.6. The van der Waals surface area contributed by atoms with Crippen molar-refractivity contribution in [2.24, 2.45) is 0 Å². The van der Waals surface area contributed by atoms with E-state index in [1.165, 1.54) is 0 Å². The molecule has 0 fully saturated rings. The molecular weight excluding hydrogens is 214 g/mol. The van der Waals surface area contributed by atoms with Gasteiger partial charge in [0.15, 0.2) is 0 Å². The van der Waals surface area contributed by atoms with E-state index in [-0.39, 0.29) is 0 Å². The van der Waals surface area contributed by atoms with Crippen molar-refractivity contribution in [2.45, 2.75) is 31.9 Å². The maximum Gasteiger partial charge on any atom is 0.216 e. The highest BCUT2D eigenvalue weighted by atomic mass is 32.2. The molecule has 0 aliphatic heterocycles. The van der Waals surface area contributed by atoms with Gasteiger partial charge in [-0.25, -0.2) is 18.1 Å². The molecule has 0 aromatic carbocycles. The topological polar surface area (TPSA) is 74.8 Å².